The molecule has 3 atom stereocenters. The number of ketones is 1. The zero-order chi connectivity index (χ0) is 8.72. The Labute approximate surface area is 71.8 Å². The number of likely N-dealkylation sites (tertiary alicyclic amines) is 1. The first-order valence-electron chi connectivity index (χ1n) is 4.29. The quantitative estimate of drug-likeness (QED) is 0.571. The molecular formula is C8H14N2O2. The summed E-state index contributed by atoms with van der Waals surface area (Å²) in [5.74, 6) is 0.692. The third-order valence-electron chi connectivity index (χ3n) is 2.75. The lowest BCUT2D eigenvalue weighted by Crippen LogP contribution is -2.40. The van der Waals surface area contributed by atoms with E-state index in [0.717, 1.165) is 13.1 Å². The molecule has 68 valence electrons. The van der Waals surface area contributed by atoms with Gasteiger partial charge in [0.2, 0.25) is 0 Å². The van der Waals surface area contributed by atoms with Gasteiger partial charge in [-0.1, -0.05) is 0 Å². The summed E-state index contributed by atoms with van der Waals surface area (Å²) in [7, 11) is 1.98. The highest BCUT2D eigenvalue weighted by atomic mass is 16.7. The van der Waals surface area contributed by atoms with E-state index >= 15 is 0 Å². The minimum Gasteiger partial charge on any atom is -0.298 e. The second-order valence-corrected chi connectivity index (χ2v) is 3.69. The molecule has 0 saturated carbocycles. The van der Waals surface area contributed by atoms with Crippen molar-refractivity contribution in [2.24, 2.45) is 5.92 Å². The van der Waals surface area contributed by atoms with Crippen LogP contribution >= 0.6 is 0 Å². The van der Waals surface area contributed by atoms with Crippen LogP contribution < -0.4 is 5.48 Å². The van der Waals surface area contributed by atoms with Crippen molar-refractivity contribution in [1.29, 1.82) is 0 Å². The average molecular weight is 170 g/mol. The van der Waals surface area contributed by atoms with Crippen LogP contribution in [-0.2, 0) is 9.63 Å². The van der Waals surface area contributed by atoms with Crippen molar-refractivity contribution < 1.29 is 9.63 Å². The lowest BCUT2D eigenvalue weighted by atomic mass is 10.0. The summed E-state index contributed by atoms with van der Waals surface area (Å²) in [5.41, 5.74) is 2.85. The maximum absolute atomic E-state index is 11.2. The van der Waals surface area contributed by atoms with E-state index in [2.05, 4.69) is 10.4 Å². The summed E-state index contributed by atoms with van der Waals surface area (Å²) in [6.45, 7) is 3.46. The lowest BCUT2D eigenvalue weighted by Gasteiger charge is -2.20. The predicted octanol–water partition coefficient (Wildman–Crippen LogP) is -0.591. The van der Waals surface area contributed by atoms with Gasteiger partial charge in [-0.15, -0.1) is 0 Å². The maximum Gasteiger partial charge on any atom is 0.149 e. The van der Waals surface area contributed by atoms with Gasteiger partial charge in [0.15, 0.2) is 0 Å². The summed E-state index contributed by atoms with van der Waals surface area (Å²) in [6, 6.07) is -0.0370. The minimum absolute atomic E-state index is 0.0370. The van der Waals surface area contributed by atoms with Gasteiger partial charge < -0.3 is 0 Å². The Kier molecular flexibility index (Phi) is 1.90. The maximum atomic E-state index is 11.2. The predicted molar refractivity (Wildman–Crippen MR) is 43.5 cm³/mol. The SMILES string of the molecule is CC(=O)C1C2ONCC2CN1C. The lowest BCUT2D eigenvalue weighted by molar-refractivity contribution is -0.125. The molecule has 12 heavy (non-hydrogen) atoms. The van der Waals surface area contributed by atoms with Crippen LogP contribution in [0.25, 0.3) is 0 Å². The molecule has 2 saturated heterocycles. The second-order valence-electron chi connectivity index (χ2n) is 3.69. The third-order valence-corrected chi connectivity index (χ3v) is 2.75. The van der Waals surface area contributed by atoms with E-state index < -0.39 is 0 Å². The van der Waals surface area contributed by atoms with E-state index in [9.17, 15) is 4.79 Å². The Balaban J connectivity index is 2.15. The molecule has 0 amide bonds. The van der Waals surface area contributed by atoms with Gasteiger partial charge in [0.1, 0.15) is 11.9 Å². The summed E-state index contributed by atoms with van der Waals surface area (Å²) in [5, 5.41) is 0. The van der Waals surface area contributed by atoms with Gasteiger partial charge >= 0.3 is 0 Å². The van der Waals surface area contributed by atoms with E-state index in [1.165, 1.54) is 0 Å². The van der Waals surface area contributed by atoms with Gasteiger partial charge in [-0.05, 0) is 14.0 Å². The van der Waals surface area contributed by atoms with Crippen LogP contribution in [0, 0.1) is 5.92 Å². The molecule has 0 aromatic carbocycles. The number of Topliss-reactive ketones (excluding diaryl/α,β-unsaturated/α-hetero) is 1. The first-order valence-corrected chi connectivity index (χ1v) is 4.29. The molecule has 2 aliphatic heterocycles. The molecule has 2 heterocycles. The van der Waals surface area contributed by atoms with Crippen LogP contribution in [0.15, 0.2) is 0 Å². The molecule has 3 unspecified atom stereocenters. The van der Waals surface area contributed by atoms with E-state index in [-0.39, 0.29) is 17.9 Å². The largest absolute Gasteiger partial charge is 0.298 e. The Bertz CT molecular complexity index is 207. The number of carbonyl (C=O) groups excluding carboxylic acids is 1. The Morgan fingerprint density at radius 3 is 3.08 bits per heavy atom. The molecule has 2 fully saturated rings. The fourth-order valence-electron chi connectivity index (χ4n) is 2.23. The van der Waals surface area contributed by atoms with Gasteiger partial charge in [-0.25, -0.2) is 5.48 Å². The van der Waals surface area contributed by atoms with Crippen LogP contribution in [0.4, 0.5) is 0 Å². The fourth-order valence-corrected chi connectivity index (χ4v) is 2.23. The van der Waals surface area contributed by atoms with Crippen LogP contribution in [0.3, 0.4) is 0 Å². The molecule has 0 bridgehead atoms. The average Bonchev–Trinajstić information content (AvgIpc) is 2.44. The molecule has 0 spiro atoms. The van der Waals surface area contributed by atoms with Gasteiger partial charge in [0, 0.05) is 19.0 Å². The van der Waals surface area contributed by atoms with Gasteiger partial charge in [0.25, 0.3) is 0 Å². The van der Waals surface area contributed by atoms with Gasteiger partial charge in [-0.3, -0.25) is 14.5 Å². The number of hydrogen-bond donors (Lipinski definition) is 1. The van der Waals surface area contributed by atoms with Crippen molar-refractivity contribution in [2.75, 3.05) is 20.1 Å². The van der Waals surface area contributed by atoms with Crippen molar-refractivity contribution in [3.8, 4) is 0 Å². The van der Waals surface area contributed by atoms with E-state index in [1.54, 1.807) is 6.92 Å². The summed E-state index contributed by atoms with van der Waals surface area (Å²) in [6.07, 6.45) is 0.0764. The van der Waals surface area contributed by atoms with Crippen molar-refractivity contribution in [2.45, 2.75) is 19.1 Å². The van der Waals surface area contributed by atoms with Gasteiger partial charge in [-0.2, -0.15) is 0 Å². The zero-order valence-corrected chi connectivity index (χ0v) is 7.41. The highest BCUT2D eigenvalue weighted by molar-refractivity contribution is 5.82. The van der Waals surface area contributed by atoms with Crippen molar-refractivity contribution in [3.63, 3.8) is 0 Å². The molecule has 0 aliphatic carbocycles. The molecule has 0 aromatic rings. The smallest absolute Gasteiger partial charge is 0.149 e. The highest BCUT2D eigenvalue weighted by Crippen LogP contribution is 2.28. The van der Waals surface area contributed by atoms with E-state index in [0.29, 0.717) is 5.92 Å². The first kappa shape index (κ1) is 8.16. The Hall–Kier alpha value is -0.450. The highest BCUT2D eigenvalue weighted by Gasteiger charge is 2.46. The number of rotatable bonds is 1. The van der Waals surface area contributed by atoms with Crippen molar-refractivity contribution in [1.82, 2.24) is 10.4 Å². The number of hydroxylamine groups is 1. The number of nitrogens with zero attached hydrogens (tertiary/aromatic N) is 1. The fraction of sp³-hybridized carbons (Fsp3) is 0.875. The van der Waals surface area contributed by atoms with Crippen LogP contribution in [0.2, 0.25) is 0 Å². The number of fused-ring (bicyclic) bond motifs is 1. The number of likely N-dealkylation sites (N-methyl/N-ethyl adjacent to an activating group) is 1. The standard InChI is InChI=1S/C8H14N2O2/c1-5(11)7-8-6(3-9-12-8)4-10(7)2/h6-9H,3-4H2,1-2H3. The molecule has 0 radical (unpaired) electrons. The zero-order valence-electron chi connectivity index (χ0n) is 7.41. The van der Waals surface area contributed by atoms with E-state index in [4.69, 9.17) is 4.84 Å². The Morgan fingerprint density at radius 2 is 2.42 bits per heavy atom. The summed E-state index contributed by atoms with van der Waals surface area (Å²) >= 11 is 0. The molecule has 1 N–H and O–H groups in total. The topological polar surface area (TPSA) is 41.6 Å². The summed E-state index contributed by atoms with van der Waals surface area (Å²) in [4.78, 5) is 18.6. The minimum atomic E-state index is -0.0370. The van der Waals surface area contributed by atoms with Crippen molar-refractivity contribution >= 4 is 5.78 Å². The van der Waals surface area contributed by atoms with E-state index in [1.807, 2.05) is 7.05 Å². The number of hydrogen-bond acceptors (Lipinski definition) is 4. The Morgan fingerprint density at radius 1 is 1.67 bits per heavy atom. The third kappa shape index (κ3) is 1.07. The molecule has 4 nitrogen and oxygen atoms in total. The molecule has 4 heteroatoms. The van der Waals surface area contributed by atoms with Crippen LogP contribution in [-0.4, -0.2) is 43.0 Å². The molecular weight excluding hydrogens is 156 g/mol. The second kappa shape index (κ2) is 2.80. The van der Waals surface area contributed by atoms with Gasteiger partial charge in [0.05, 0.1) is 6.04 Å². The summed E-state index contributed by atoms with van der Waals surface area (Å²) < 4.78 is 0. The van der Waals surface area contributed by atoms with Crippen LogP contribution in [0.5, 0.6) is 0 Å². The molecule has 2 rings (SSSR count). The number of nitrogens with one attached hydrogen (secondary N) is 1. The molecule has 0 aromatic heterocycles. The van der Waals surface area contributed by atoms with Crippen molar-refractivity contribution in [3.05, 3.63) is 0 Å². The van der Waals surface area contributed by atoms with Crippen LogP contribution in [0.1, 0.15) is 6.92 Å². The first-order chi connectivity index (χ1) is 5.70. The normalized spacial score (nSPS) is 41.7. The molecule has 2 aliphatic rings. The number of carbonyl (C=O) groups is 1. The monoisotopic (exact) mass is 170 g/mol.